The summed E-state index contributed by atoms with van der Waals surface area (Å²) in [5.74, 6) is 1.49. The number of amides is 1. The number of hydrogen-bond donors (Lipinski definition) is 1. The predicted molar refractivity (Wildman–Crippen MR) is 122 cm³/mol. The number of para-hydroxylation sites is 3. The molecule has 164 valence electrons. The number of aliphatic hydroxyl groups is 1. The van der Waals surface area contributed by atoms with Gasteiger partial charge in [-0.3, -0.25) is 4.79 Å². The third kappa shape index (κ3) is 4.55. The Labute approximate surface area is 187 Å². The third-order valence-electron chi connectivity index (χ3n) is 5.65. The Bertz CT molecular complexity index is 1090. The maximum atomic E-state index is 12.7. The highest BCUT2D eigenvalue weighted by molar-refractivity contribution is 6.32. The number of fused-ring (bicyclic) bond motifs is 1. The molecule has 4 rings (SSSR count). The Morgan fingerprint density at radius 3 is 2.61 bits per heavy atom. The highest BCUT2D eigenvalue weighted by atomic mass is 35.5. The van der Waals surface area contributed by atoms with Gasteiger partial charge in [0.15, 0.2) is 0 Å². The summed E-state index contributed by atoms with van der Waals surface area (Å²) in [5.41, 5.74) is 1.57. The van der Waals surface area contributed by atoms with E-state index in [1.165, 1.54) is 0 Å². The second kappa shape index (κ2) is 8.52. The number of ether oxygens (including phenoxy) is 1. The molecule has 0 spiro atoms. The summed E-state index contributed by atoms with van der Waals surface area (Å²) in [5, 5.41) is 11.2. The van der Waals surface area contributed by atoms with E-state index < -0.39 is 6.10 Å². The number of benzene rings is 2. The molecule has 0 unspecified atom stereocenters. The van der Waals surface area contributed by atoms with Crippen molar-refractivity contribution in [3.63, 3.8) is 0 Å². The van der Waals surface area contributed by atoms with Gasteiger partial charge in [0.05, 0.1) is 22.6 Å². The topological polar surface area (TPSA) is 67.6 Å². The number of likely N-dealkylation sites (tertiary alicyclic amines) is 1. The summed E-state index contributed by atoms with van der Waals surface area (Å²) >= 11 is 6.15. The van der Waals surface area contributed by atoms with Crippen molar-refractivity contribution >= 4 is 28.5 Å². The first-order chi connectivity index (χ1) is 14.7. The first-order valence-electron chi connectivity index (χ1n) is 10.5. The Kier molecular flexibility index (Phi) is 5.95. The van der Waals surface area contributed by atoms with Crippen molar-refractivity contribution in [1.82, 2.24) is 14.5 Å². The molecule has 2 aromatic carbocycles. The van der Waals surface area contributed by atoms with Crippen LogP contribution in [0, 0.1) is 0 Å². The third-order valence-corrected chi connectivity index (χ3v) is 5.96. The SMILES string of the molecule is CC(C)(C)N1C[C@H](c2nc3ccccc3n2C[C@H](O)COc2ccccc2Cl)CC1=O. The van der Waals surface area contributed by atoms with Gasteiger partial charge >= 0.3 is 0 Å². The van der Waals surface area contributed by atoms with Crippen LogP contribution < -0.4 is 4.74 Å². The molecule has 0 aliphatic carbocycles. The van der Waals surface area contributed by atoms with Crippen LogP contribution in [0.4, 0.5) is 0 Å². The van der Waals surface area contributed by atoms with Crippen LogP contribution >= 0.6 is 11.6 Å². The lowest BCUT2D eigenvalue weighted by Gasteiger charge is -2.32. The lowest BCUT2D eigenvalue weighted by atomic mass is 10.1. The van der Waals surface area contributed by atoms with E-state index in [0.29, 0.717) is 30.3 Å². The molecule has 0 radical (unpaired) electrons. The van der Waals surface area contributed by atoms with Gasteiger partial charge in [-0.1, -0.05) is 35.9 Å². The summed E-state index contributed by atoms with van der Waals surface area (Å²) in [4.78, 5) is 19.4. The van der Waals surface area contributed by atoms with Gasteiger partial charge in [-0.2, -0.15) is 0 Å². The minimum Gasteiger partial charge on any atom is -0.489 e. The first kappa shape index (κ1) is 21.7. The van der Waals surface area contributed by atoms with E-state index in [9.17, 15) is 9.90 Å². The smallest absolute Gasteiger partial charge is 0.223 e. The summed E-state index contributed by atoms with van der Waals surface area (Å²) in [7, 11) is 0. The zero-order valence-corrected chi connectivity index (χ0v) is 18.8. The zero-order valence-electron chi connectivity index (χ0n) is 18.1. The van der Waals surface area contributed by atoms with E-state index in [1.807, 2.05) is 66.6 Å². The molecule has 1 aliphatic rings. The lowest BCUT2D eigenvalue weighted by molar-refractivity contribution is -0.131. The molecular formula is C24H28ClN3O3. The van der Waals surface area contributed by atoms with Gasteiger partial charge in [-0.15, -0.1) is 0 Å². The molecule has 31 heavy (non-hydrogen) atoms. The van der Waals surface area contributed by atoms with Crippen LogP contribution in [0.3, 0.4) is 0 Å². The van der Waals surface area contributed by atoms with Gasteiger partial charge in [-0.25, -0.2) is 4.98 Å². The largest absolute Gasteiger partial charge is 0.489 e. The highest BCUT2D eigenvalue weighted by Gasteiger charge is 2.39. The molecule has 1 N–H and O–H groups in total. The van der Waals surface area contributed by atoms with Crippen molar-refractivity contribution < 1.29 is 14.6 Å². The Morgan fingerprint density at radius 1 is 1.19 bits per heavy atom. The van der Waals surface area contributed by atoms with Crippen molar-refractivity contribution in [1.29, 1.82) is 0 Å². The Morgan fingerprint density at radius 2 is 1.90 bits per heavy atom. The van der Waals surface area contributed by atoms with Gasteiger partial charge in [-0.05, 0) is 45.0 Å². The first-order valence-corrected chi connectivity index (χ1v) is 10.9. The second-order valence-corrected chi connectivity index (χ2v) is 9.45. The standard InChI is InChI=1S/C24H28ClN3O3/c1-24(2,3)28-13-16(12-22(28)30)23-26-19-9-5-6-10-20(19)27(23)14-17(29)15-31-21-11-7-4-8-18(21)25/h4-11,16-17,29H,12-15H2,1-3H3/t16-,17+/m1/s1. The van der Waals surface area contributed by atoms with Crippen molar-refractivity contribution in [2.24, 2.45) is 0 Å². The number of carbonyl (C=O) groups is 1. The van der Waals surface area contributed by atoms with Crippen molar-refractivity contribution in [3.8, 4) is 5.75 Å². The minimum absolute atomic E-state index is 0.0178. The number of aromatic nitrogens is 2. The maximum absolute atomic E-state index is 12.7. The normalized spacial score (nSPS) is 18.0. The number of imidazole rings is 1. The van der Waals surface area contributed by atoms with E-state index in [1.54, 1.807) is 12.1 Å². The number of halogens is 1. The van der Waals surface area contributed by atoms with Crippen LogP contribution in [0.1, 0.15) is 38.9 Å². The fourth-order valence-electron chi connectivity index (χ4n) is 4.14. The van der Waals surface area contributed by atoms with Gasteiger partial charge in [0.1, 0.15) is 24.3 Å². The molecular weight excluding hydrogens is 414 g/mol. The number of hydrogen-bond acceptors (Lipinski definition) is 4. The molecule has 1 amide bonds. The fourth-order valence-corrected chi connectivity index (χ4v) is 4.33. The monoisotopic (exact) mass is 441 g/mol. The average Bonchev–Trinajstić information content (AvgIpc) is 3.28. The summed E-state index contributed by atoms with van der Waals surface area (Å²) < 4.78 is 7.75. The van der Waals surface area contributed by atoms with Crippen molar-refractivity contribution in [3.05, 3.63) is 59.4 Å². The number of carbonyl (C=O) groups excluding carboxylic acids is 1. The summed E-state index contributed by atoms with van der Waals surface area (Å²) in [6.45, 7) is 7.19. The summed E-state index contributed by atoms with van der Waals surface area (Å²) in [6, 6.07) is 15.1. The molecule has 0 bridgehead atoms. The van der Waals surface area contributed by atoms with Gasteiger partial charge in [0.25, 0.3) is 0 Å². The molecule has 1 saturated heterocycles. The van der Waals surface area contributed by atoms with E-state index in [-0.39, 0.29) is 24.0 Å². The van der Waals surface area contributed by atoms with E-state index in [0.717, 1.165) is 16.9 Å². The number of aliphatic hydroxyl groups excluding tert-OH is 1. The number of nitrogens with zero attached hydrogens (tertiary/aromatic N) is 3. The van der Waals surface area contributed by atoms with Crippen LogP contribution in [-0.4, -0.2) is 50.3 Å². The van der Waals surface area contributed by atoms with Gasteiger partial charge in [0, 0.05) is 24.4 Å². The molecule has 2 atom stereocenters. The highest BCUT2D eigenvalue weighted by Crippen LogP contribution is 2.34. The van der Waals surface area contributed by atoms with E-state index >= 15 is 0 Å². The maximum Gasteiger partial charge on any atom is 0.223 e. The molecule has 1 aliphatic heterocycles. The van der Waals surface area contributed by atoms with Crippen LogP contribution in [0.15, 0.2) is 48.5 Å². The van der Waals surface area contributed by atoms with Crippen molar-refractivity contribution in [2.45, 2.75) is 51.3 Å². The Hall–Kier alpha value is -2.57. The van der Waals surface area contributed by atoms with E-state index in [4.69, 9.17) is 21.3 Å². The van der Waals surface area contributed by atoms with Crippen LogP contribution in [-0.2, 0) is 11.3 Å². The minimum atomic E-state index is -0.761. The Balaban J connectivity index is 1.57. The average molecular weight is 442 g/mol. The van der Waals surface area contributed by atoms with E-state index in [2.05, 4.69) is 0 Å². The second-order valence-electron chi connectivity index (χ2n) is 9.04. The fraction of sp³-hybridized carbons (Fsp3) is 0.417. The van der Waals surface area contributed by atoms with Gasteiger partial charge < -0.3 is 19.3 Å². The van der Waals surface area contributed by atoms with Crippen LogP contribution in [0.5, 0.6) is 5.75 Å². The summed E-state index contributed by atoms with van der Waals surface area (Å²) in [6.07, 6.45) is -0.337. The quantitative estimate of drug-likeness (QED) is 0.621. The molecule has 6 nitrogen and oxygen atoms in total. The molecule has 2 heterocycles. The van der Waals surface area contributed by atoms with Crippen molar-refractivity contribution in [2.75, 3.05) is 13.2 Å². The number of rotatable bonds is 6. The molecule has 3 aromatic rings. The molecule has 0 saturated carbocycles. The zero-order chi connectivity index (χ0) is 22.2. The predicted octanol–water partition coefficient (Wildman–Crippen LogP) is 4.24. The molecule has 1 fully saturated rings. The molecule has 1 aromatic heterocycles. The van der Waals surface area contributed by atoms with Crippen LogP contribution in [0.2, 0.25) is 5.02 Å². The van der Waals surface area contributed by atoms with Gasteiger partial charge in [0.2, 0.25) is 5.91 Å². The lowest BCUT2D eigenvalue weighted by Crippen LogP contribution is -2.42. The van der Waals surface area contributed by atoms with Crippen LogP contribution in [0.25, 0.3) is 11.0 Å². The molecule has 7 heteroatoms.